The van der Waals surface area contributed by atoms with Crippen molar-refractivity contribution in [3.8, 4) is 11.3 Å². The monoisotopic (exact) mass is 285 g/mol. The lowest BCUT2D eigenvalue weighted by molar-refractivity contribution is -0.138. The highest BCUT2D eigenvalue weighted by Gasteiger charge is 2.36. The molecule has 0 radical (unpaired) electrons. The normalized spacial score (nSPS) is 13.8. The summed E-state index contributed by atoms with van der Waals surface area (Å²) in [6.45, 7) is 5.99. The average Bonchev–Trinajstić information content (AvgIpc) is 2.89. The van der Waals surface area contributed by atoms with E-state index in [2.05, 4.69) is 0 Å². The van der Waals surface area contributed by atoms with E-state index in [9.17, 15) is 4.79 Å². The third kappa shape index (κ3) is 2.71. The van der Waals surface area contributed by atoms with Crippen molar-refractivity contribution < 1.29 is 4.79 Å². The summed E-state index contributed by atoms with van der Waals surface area (Å²) in [7, 11) is 3.56. The largest absolute Gasteiger partial charge is 0.347 e. The standard InChI is InChI=1S/C17H23N3O/c1-6-17(3,16(21)19(4)5)20-12-13(2)15(18-20)14-10-8-7-9-11-14/h7-12H,6H2,1-5H3. The molecule has 4 nitrogen and oxygen atoms in total. The second-order valence-corrected chi connectivity index (χ2v) is 5.80. The van der Waals surface area contributed by atoms with Crippen molar-refractivity contribution >= 4 is 5.91 Å². The SMILES string of the molecule is CCC(C)(C(=O)N(C)C)n1cc(C)c(-c2ccccc2)n1. The van der Waals surface area contributed by atoms with E-state index < -0.39 is 5.54 Å². The van der Waals surface area contributed by atoms with Crippen molar-refractivity contribution in [1.82, 2.24) is 14.7 Å². The Kier molecular flexibility index (Phi) is 4.16. The molecular formula is C17H23N3O. The zero-order valence-electron chi connectivity index (χ0n) is 13.4. The first-order valence-electron chi connectivity index (χ1n) is 7.24. The molecule has 0 saturated heterocycles. The first-order valence-corrected chi connectivity index (χ1v) is 7.24. The van der Waals surface area contributed by atoms with Gasteiger partial charge in [-0.15, -0.1) is 0 Å². The molecule has 0 aliphatic carbocycles. The molecule has 2 rings (SSSR count). The summed E-state index contributed by atoms with van der Waals surface area (Å²) in [5.41, 5.74) is 2.43. The maximum absolute atomic E-state index is 12.5. The summed E-state index contributed by atoms with van der Waals surface area (Å²) < 4.78 is 1.81. The quantitative estimate of drug-likeness (QED) is 0.866. The van der Waals surface area contributed by atoms with Gasteiger partial charge in [0, 0.05) is 25.9 Å². The van der Waals surface area contributed by atoms with E-state index in [1.807, 2.05) is 62.0 Å². The van der Waals surface area contributed by atoms with Crippen LogP contribution in [0.2, 0.25) is 0 Å². The van der Waals surface area contributed by atoms with Gasteiger partial charge in [0.25, 0.3) is 0 Å². The number of aromatic nitrogens is 2. The second kappa shape index (κ2) is 5.72. The van der Waals surface area contributed by atoms with Gasteiger partial charge in [0.2, 0.25) is 5.91 Å². The minimum Gasteiger partial charge on any atom is -0.347 e. The minimum atomic E-state index is -0.651. The maximum atomic E-state index is 12.5. The zero-order chi connectivity index (χ0) is 15.6. The molecule has 0 aliphatic heterocycles. The number of benzene rings is 1. The summed E-state index contributed by atoms with van der Waals surface area (Å²) in [4.78, 5) is 14.1. The predicted molar refractivity (Wildman–Crippen MR) is 85.0 cm³/mol. The van der Waals surface area contributed by atoms with Gasteiger partial charge in [0.05, 0.1) is 5.69 Å². The van der Waals surface area contributed by atoms with Gasteiger partial charge < -0.3 is 4.90 Å². The van der Waals surface area contributed by atoms with E-state index in [0.717, 1.165) is 16.8 Å². The number of carbonyl (C=O) groups excluding carboxylic acids is 1. The number of rotatable bonds is 4. The van der Waals surface area contributed by atoms with Gasteiger partial charge in [-0.3, -0.25) is 9.48 Å². The fourth-order valence-electron chi connectivity index (χ4n) is 2.49. The highest BCUT2D eigenvalue weighted by molar-refractivity contribution is 5.83. The molecule has 0 saturated carbocycles. The van der Waals surface area contributed by atoms with E-state index in [-0.39, 0.29) is 5.91 Å². The molecule has 4 heteroatoms. The van der Waals surface area contributed by atoms with Crippen LogP contribution in [0.15, 0.2) is 36.5 Å². The lowest BCUT2D eigenvalue weighted by Crippen LogP contribution is -2.46. The van der Waals surface area contributed by atoms with Gasteiger partial charge in [0.15, 0.2) is 0 Å². The highest BCUT2D eigenvalue weighted by atomic mass is 16.2. The molecule has 0 spiro atoms. The molecule has 2 aromatic rings. The Morgan fingerprint density at radius 3 is 2.43 bits per heavy atom. The number of hydrogen-bond acceptors (Lipinski definition) is 2. The van der Waals surface area contributed by atoms with Crippen molar-refractivity contribution in [3.05, 3.63) is 42.1 Å². The Hall–Kier alpha value is -2.10. The van der Waals surface area contributed by atoms with Gasteiger partial charge in [-0.2, -0.15) is 5.10 Å². The molecule has 1 atom stereocenters. The van der Waals surface area contributed by atoms with Crippen LogP contribution in [0.25, 0.3) is 11.3 Å². The lowest BCUT2D eigenvalue weighted by atomic mass is 9.97. The van der Waals surface area contributed by atoms with E-state index in [0.29, 0.717) is 6.42 Å². The first kappa shape index (κ1) is 15.3. The number of likely N-dealkylation sites (N-methyl/N-ethyl adjacent to an activating group) is 1. The van der Waals surface area contributed by atoms with Crippen LogP contribution in [0.4, 0.5) is 0 Å². The van der Waals surface area contributed by atoms with Gasteiger partial charge in [-0.1, -0.05) is 37.3 Å². The molecule has 21 heavy (non-hydrogen) atoms. The molecule has 0 aliphatic rings. The number of hydrogen-bond donors (Lipinski definition) is 0. The summed E-state index contributed by atoms with van der Waals surface area (Å²) >= 11 is 0. The molecule has 0 bridgehead atoms. The fourth-order valence-corrected chi connectivity index (χ4v) is 2.49. The molecule has 1 unspecified atom stereocenters. The second-order valence-electron chi connectivity index (χ2n) is 5.80. The van der Waals surface area contributed by atoms with E-state index >= 15 is 0 Å². The number of amides is 1. The van der Waals surface area contributed by atoms with Crippen molar-refractivity contribution in [2.75, 3.05) is 14.1 Å². The zero-order valence-corrected chi connectivity index (χ0v) is 13.4. The van der Waals surface area contributed by atoms with Crippen molar-refractivity contribution in [2.45, 2.75) is 32.7 Å². The molecular weight excluding hydrogens is 262 g/mol. The van der Waals surface area contributed by atoms with Crippen LogP contribution in [0, 0.1) is 6.92 Å². The Morgan fingerprint density at radius 1 is 1.29 bits per heavy atom. The summed E-state index contributed by atoms with van der Waals surface area (Å²) in [5.74, 6) is 0.0621. The smallest absolute Gasteiger partial charge is 0.249 e. The minimum absolute atomic E-state index is 0.0621. The van der Waals surface area contributed by atoms with Crippen LogP contribution >= 0.6 is 0 Å². The van der Waals surface area contributed by atoms with Crippen molar-refractivity contribution in [1.29, 1.82) is 0 Å². The van der Waals surface area contributed by atoms with E-state index in [1.54, 1.807) is 19.0 Å². The van der Waals surface area contributed by atoms with Gasteiger partial charge >= 0.3 is 0 Å². The number of aryl methyl sites for hydroxylation is 1. The van der Waals surface area contributed by atoms with Crippen molar-refractivity contribution in [2.24, 2.45) is 0 Å². The Morgan fingerprint density at radius 2 is 1.90 bits per heavy atom. The molecule has 1 amide bonds. The molecule has 0 N–H and O–H groups in total. The number of nitrogens with zero attached hydrogens (tertiary/aromatic N) is 3. The van der Waals surface area contributed by atoms with Gasteiger partial charge in [-0.25, -0.2) is 0 Å². The Balaban J connectivity index is 2.49. The average molecular weight is 285 g/mol. The van der Waals surface area contributed by atoms with Crippen LogP contribution in [-0.4, -0.2) is 34.7 Å². The maximum Gasteiger partial charge on any atom is 0.249 e. The summed E-state index contributed by atoms with van der Waals surface area (Å²) in [6, 6.07) is 10.1. The molecule has 1 aromatic heterocycles. The Labute approximate surface area is 126 Å². The summed E-state index contributed by atoms with van der Waals surface area (Å²) in [6.07, 6.45) is 2.66. The molecule has 0 fully saturated rings. The molecule has 1 aromatic carbocycles. The first-order chi connectivity index (χ1) is 9.90. The van der Waals surface area contributed by atoms with Crippen LogP contribution in [0.5, 0.6) is 0 Å². The van der Waals surface area contributed by atoms with Crippen LogP contribution in [0.3, 0.4) is 0 Å². The van der Waals surface area contributed by atoms with Crippen molar-refractivity contribution in [3.63, 3.8) is 0 Å². The van der Waals surface area contributed by atoms with Gasteiger partial charge in [-0.05, 0) is 25.8 Å². The van der Waals surface area contributed by atoms with Crippen LogP contribution in [-0.2, 0) is 10.3 Å². The molecule has 1 heterocycles. The topological polar surface area (TPSA) is 38.1 Å². The van der Waals surface area contributed by atoms with Crippen LogP contribution in [0.1, 0.15) is 25.8 Å². The third-order valence-electron chi connectivity index (χ3n) is 4.01. The lowest BCUT2D eigenvalue weighted by Gasteiger charge is -2.30. The summed E-state index contributed by atoms with van der Waals surface area (Å²) in [5, 5.41) is 4.70. The predicted octanol–water partition coefficient (Wildman–Crippen LogP) is 3.07. The third-order valence-corrected chi connectivity index (χ3v) is 4.01. The fraction of sp³-hybridized carbons (Fsp3) is 0.412. The van der Waals surface area contributed by atoms with Gasteiger partial charge in [0.1, 0.15) is 5.54 Å². The highest BCUT2D eigenvalue weighted by Crippen LogP contribution is 2.27. The van der Waals surface area contributed by atoms with E-state index in [1.165, 1.54) is 0 Å². The Bertz CT molecular complexity index is 631. The van der Waals surface area contributed by atoms with Crippen LogP contribution < -0.4 is 0 Å². The molecule has 112 valence electrons. The van der Waals surface area contributed by atoms with E-state index in [4.69, 9.17) is 5.10 Å². The number of carbonyl (C=O) groups is 1.